The van der Waals surface area contributed by atoms with Crippen molar-refractivity contribution < 1.29 is 8.42 Å². The normalized spacial score (nSPS) is 11.8. The number of nitrogens with zero attached hydrogens (tertiary/aromatic N) is 3. The van der Waals surface area contributed by atoms with E-state index in [0.29, 0.717) is 22.5 Å². The number of sulfonamides is 1. The van der Waals surface area contributed by atoms with Gasteiger partial charge in [0, 0.05) is 34.8 Å². The van der Waals surface area contributed by atoms with Crippen molar-refractivity contribution in [3.63, 3.8) is 0 Å². The number of primary sulfonamides is 1. The second-order valence-electron chi connectivity index (χ2n) is 7.32. The minimum Gasteiger partial charge on any atom is -0.384 e. The van der Waals surface area contributed by atoms with Crippen LogP contribution in [0.5, 0.6) is 0 Å². The molecular formula is C23H17N5O3S. The highest BCUT2D eigenvalue weighted by Crippen LogP contribution is 2.29. The van der Waals surface area contributed by atoms with E-state index in [2.05, 4.69) is 9.97 Å². The molecule has 0 bridgehead atoms. The minimum absolute atomic E-state index is 0.0779. The quantitative estimate of drug-likeness (QED) is 0.412. The lowest BCUT2D eigenvalue weighted by atomic mass is 10.0. The van der Waals surface area contributed by atoms with Crippen LogP contribution in [-0.2, 0) is 10.0 Å². The van der Waals surface area contributed by atoms with Crippen molar-refractivity contribution in [1.82, 2.24) is 14.5 Å². The van der Waals surface area contributed by atoms with Gasteiger partial charge in [0.1, 0.15) is 5.82 Å². The molecule has 0 amide bonds. The molecule has 0 saturated carbocycles. The number of benzene rings is 2. The van der Waals surface area contributed by atoms with Crippen LogP contribution in [-0.4, -0.2) is 23.0 Å². The number of nitrogens with two attached hydrogens (primary N) is 2. The van der Waals surface area contributed by atoms with Gasteiger partial charge in [-0.05, 0) is 54.1 Å². The van der Waals surface area contributed by atoms with E-state index in [9.17, 15) is 13.2 Å². The predicted octanol–water partition coefficient (Wildman–Crippen LogP) is 2.83. The van der Waals surface area contributed by atoms with Crippen LogP contribution in [0.4, 0.5) is 5.82 Å². The molecule has 8 nitrogen and oxygen atoms in total. The molecule has 0 aliphatic rings. The third-order valence-electron chi connectivity index (χ3n) is 5.24. The summed E-state index contributed by atoms with van der Waals surface area (Å²) in [6, 6.07) is 18.4. The molecule has 158 valence electrons. The molecular weight excluding hydrogens is 426 g/mol. The van der Waals surface area contributed by atoms with Crippen LogP contribution in [0.2, 0.25) is 0 Å². The topological polar surface area (TPSA) is 134 Å². The zero-order valence-electron chi connectivity index (χ0n) is 16.6. The van der Waals surface area contributed by atoms with Gasteiger partial charge in [0.2, 0.25) is 10.0 Å². The number of rotatable bonds is 3. The van der Waals surface area contributed by atoms with E-state index in [0.717, 1.165) is 21.9 Å². The number of fused-ring (bicyclic) bond motifs is 3. The summed E-state index contributed by atoms with van der Waals surface area (Å²) >= 11 is 0. The monoisotopic (exact) mass is 443 g/mol. The molecule has 4 N–H and O–H groups in total. The van der Waals surface area contributed by atoms with Crippen molar-refractivity contribution in [2.24, 2.45) is 5.14 Å². The molecule has 0 saturated heterocycles. The van der Waals surface area contributed by atoms with E-state index >= 15 is 0 Å². The number of hydrogen-bond donors (Lipinski definition) is 2. The van der Waals surface area contributed by atoms with Gasteiger partial charge in [-0.1, -0.05) is 12.1 Å². The maximum absolute atomic E-state index is 13.0. The average Bonchev–Trinajstić information content (AvgIpc) is 2.78. The molecule has 5 aromatic rings. The van der Waals surface area contributed by atoms with E-state index in [4.69, 9.17) is 10.9 Å². The van der Waals surface area contributed by atoms with Gasteiger partial charge >= 0.3 is 0 Å². The largest absolute Gasteiger partial charge is 0.384 e. The van der Waals surface area contributed by atoms with E-state index in [1.807, 2.05) is 24.3 Å². The molecule has 5 rings (SSSR count). The van der Waals surface area contributed by atoms with Crippen molar-refractivity contribution >= 4 is 37.6 Å². The lowest BCUT2D eigenvalue weighted by Gasteiger charge is -2.14. The van der Waals surface area contributed by atoms with Gasteiger partial charge in [-0.3, -0.25) is 14.3 Å². The first-order valence-corrected chi connectivity index (χ1v) is 11.2. The predicted molar refractivity (Wildman–Crippen MR) is 124 cm³/mol. The Morgan fingerprint density at radius 3 is 2.41 bits per heavy atom. The Bertz CT molecular complexity index is 1680. The van der Waals surface area contributed by atoms with E-state index in [1.165, 1.54) is 22.8 Å². The standard InChI is InChI=1S/C23H17N5O3S/c24-21-8-5-15(12-27-21)14-4-7-20-19(10-14)23-16(13-26-20)6-9-22(29)28(23)17-2-1-3-18(11-17)32(25,30)31/h1-13H,(H2,24,27)(H2,25,30,31). The number of aromatic nitrogens is 3. The fourth-order valence-electron chi connectivity index (χ4n) is 3.72. The number of nitrogen functional groups attached to an aromatic ring is 1. The molecule has 0 aliphatic heterocycles. The molecule has 0 atom stereocenters. The Kier molecular flexibility index (Phi) is 4.50. The second kappa shape index (κ2) is 7.26. The van der Waals surface area contributed by atoms with Crippen molar-refractivity contribution in [1.29, 1.82) is 0 Å². The highest BCUT2D eigenvalue weighted by molar-refractivity contribution is 7.89. The first-order chi connectivity index (χ1) is 15.3. The maximum atomic E-state index is 13.0. The Labute approximate surface area is 182 Å². The fraction of sp³-hybridized carbons (Fsp3) is 0. The molecule has 0 unspecified atom stereocenters. The van der Waals surface area contributed by atoms with Crippen molar-refractivity contribution in [2.45, 2.75) is 4.90 Å². The molecule has 0 aliphatic carbocycles. The zero-order valence-corrected chi connectivity index (χ0v) is 17.5. The van der Waals surface area contributed by atoms with Gasteiger partial charge in [-0.25, -0.2) is 18.5 Å². The van der Waals surface area contributed by atoms with Crippen LogP contribution in [0.3, 0.4) is 0 Å². The van der Waals surface area contributed by atoms with Crippen molar-refractivity contribution in [2.75, 3.05) is 5.73 Å². The summed E-state index contributed by atoms with van der Waals surface area (Å²) in [5.74, 6) is 0.422. The lowest BCUT2D eigenvalue weighted by molar-refractivity contribution is 0.597. The van der Waals surface area contributed by atoms with E-state index in [1.54, 1.807) is 36.7 Å². The molecule has 3 aromatic heterocycles. The Morgan fingerprint density at radius 1 is 0.844 bits per heavy atom. The van der Waals surface area contributed by atoms with Gasteiger partial charge in [0.15, 0.2) is 0 Å². The third kappa shape index (κ3) is 3.39. The summed E-state index contributed by atoms with van der Waals surface area (Å²) in [7, 11) is -3.93. The lowest BCUT2D eigenvalue weighted by Crippen LogP contribution is -2.19. The maximum Gasteiger partial charge on any atom is 0.255 e. The Morgan fingerprint density at radius 2 is 1.66 bits per heavy atom. The van der Waals surface area contributed by atoms with Crippen LogP contribution in [0.15, 0.2) is 88.8 Å². The summed E-state index contributed by atoms with van der Waals surface area (Å²) in [5.41, 5.74) is 8.81. The molecule has 0 fully saturated rings. The summed E-state index contributed by atoms with van der Waals surface area (Å²) < 4.78 is 25.2. The Balaban J connectivity index is 1.86. The van der Waals surface area contributed by atoms with E-state index < -0.39 is 10.0 Å². The minimum atomic E-state index is -3.93. The second-order valence-corrected chi connectivity index (χ2v) is 8.88. The number of anilines is 1. The van der Waals surface area contributed by atoms with Crippen LogP contribution in [0, 0.1) is 0 Å². The van der Waals surface area contributed by atoms with Crippen LogP contribution in [0.25, 0.3) is 38.6 Å². The Hall–Kier alpha value is -4.08. The summed E-state index contributed by atoms with van der Waals surface area (Å²) in [6.45, 7) is 0. The third-order valence-corrected chi connectivity index (χ3v) is 6.15. The summed E-state index contributed by atoms with van der Waals surface area (Å²) in [5, 5.41) is 6.76. The van der Waals surface area contributed by atoms with Gasteiger partial charge < -0.3 is 5.73 Å². The van der Waals surface area contributed by atoms with Gasteiger partial charge in [-0.2, -0.15) is 0 Å². The van der Waals surface area contributed by atoms with Gasteiger partial charge in [0.25, 0.3) is 5.56 Å². The van der Waals surface area contributed by atoms with Gasteiger partial charge in [0.05, 0.1) is 21.6 Å². The fourth-order valence-corrected chi connectivity index (χ4v) is 4.28. The molecule has 32 heavy (non-hydrogen) atoms. The number of hydrogen-bond acceptors (Lipinski definition) is 6. The van der Waals surface area contributed by atoms with E-state index in [-0.39, 0.29) is 10.5 Å². The van der Waals surface area contributed by atoms with Crippen LogP contribution >= 0.6 is 0 Å². The summed E-state index contributed by atoms with van der Waals surface area (Å²) in [4.78, 5) is 21.6. The van der Waals surface area contributed by atoms with Crippen molar-refractivity contribution in [3.05, 3.63) is 89.5 Å². The molecule has 0 radical (unpaired) electrons. The molecule has 2 aromatic carbocycles. The van der Waals surface area contributed by atoms with Crippen LogP contribution in [0.1, 0.15) is 0 Å². The SMILES string of the molecule is Nc1ccc(-c2ccc3ncc4ccc(=O)n(-c5cccc(S(N)(=O)=O)c5)c4c3c2)cn1. The average molecular weight is 443 g/mol. The first kappa shape index (κ1) is 19.9. The molecule has 0 spiro atoms. The van der Waals surface area contributed by atoms with Crippen molar-refractivity contribution in [3.8, 4) is 16.8 Å². The molecule has 3 heterocycles. The smallest absolute Gasteiger partial charge is 0.255 e. The summed E-state index contributed by atoms with van der Waals surface area (Å²) in [6.07, 6.45) is 3.36. The van der Waals surface area contributed by atoms with Gasteiger partial charge in [-0.15, -0.1) is 0 Å². The molecule has 9 heteroatoms. The highest BCUT2D eigenvalue weighted by atomic mass is 32.2. The van der Waals surface area contributed by atoms with Crippen LogP contribution < -0.4 is 16.4 Å². The number of pyridine rings is 3. The highest BCUT2D eigenvalue weighted by Gasteiger charge is 2.14. The first-order valence-electron chi connectivity index (χ1n) is 9.61. The zero-order chi connectivity index (χ0) is 22.5.